The number of rotatable bonds is 11. The molecule has 0 radical (unpaired) electrons. The van der Waals surface area contributed by atoms with E-state index in [9.17, 15) is 18.8 Å². The molecule has 0 aliphatic heterocycles. The lowest BCUT2D eigenvalue weighted by molar-refractivity contribution is -0.113. The summed E-state index contributed by atoms with van der Waals surface area (Å²) in [5, 5.41) is 9.81. The van der Waals surface area contributed by atoms with Crippen molar-refractivity contribution in [3.63, 3.8) is 0 Å². The maximum Gasteiger partial charge on any atom is 0.348 e. The van der Waals surface area contributed by atoms with Crippen LogP contribution in [0.2, 0.25) is 0 Å². The summed E-state index contributed by atoms with van der Waals surface area (Å²) in [4.78, 5) is 41.7. The predicted molar refractivity (Wildman–Crippen MR) is 127 cm³/mol. The Hall–Kier alpha value is -3.45. The van der Waals surface area contributed by atoms with Gasteiger partial charge in [-0.05, 0) is 38.5 Å². The van der Waals surface area contributed by atoms with Gasteiger partial charge < -0.3 is 19.5 Å². The number of thiophene rings is 1. The van der Waals surface area contributed by atoms with Crippen LogP contribution in [0, 0.1) is 12.7 Å². The minimum atomic E-state index is -0.645. The van der Waals surface area contributed by atoms with Gasteiger partial charge in [0.1, 0.15) is 16.5 Å². The van der Waals surface area contributed by atoms with E-state index in [1.165, 1.54) is 12.1 Å². The second-order valence-corrected chi connectivity index (χ2v) is 8.78. The Morgan fingerprint density at radius 1 is 1.14 bits per heavy atom. The number of nitrogens with zero attached hydrogens (tertiary/aromatic N) is 2. The molecule has 2 aromatic heterocycles. The van der Waals surface area contributed by atoms with Crippen molar-refractivity contribution < 1.29 is 33.0 Å². The first-order valence-corrected chi connectivity index (χ1v) is 12.3. The number of hydrogen-bond acceptors (Lipinski definition) is 10. The van der Waals surface area contributed by atoms with Crippen molar-refractivity contribution in [1.82, 2.24) is 15.2 Å². The van der Waals surface area contributed by atoms with Gasteiger partial charge in [-0.25, -0.2) is 19.0 Å². The molecule has 0 unspecified atom stereocenters. The second kappa shape index (κ2) is 12.3. The lowest BCUT2D eigenvalue weighted by Gasteiger charge is -2.06. The third-order valence-electron chi connectivity index (χ3n) is 4.38. The molecular formula is C22H23FN4O6S2. The zero-order valence-corrected chi connectivity index (χ0v) is 20.8. The number of hydrogen-bond donors (Lipinski definition) is 2. The molecule has 186 valence electrons. The van der Waals surface area contributed by atoms with Gasteiger partial charge in [0.15, 0.2) is 17.4 Å². The average Bonchev–Trinajstić information content (AvgIpc) is 3.41. The minimum absolute atomic E-state index is 0.0330. The number of ether oxygens (including phenoxy) is 3. The molecule has 0 atom stereocenters. The number of aromatic amines is 1. The number of para-hydroxylation sites is 1. The monoisotopic (exact) mass is 522 g/mol. The summed E-state index contributed by atoms with van der Waals surface area (Å²) in [6, 6.07) is 5.99. The summed E-state index contributed by atoms with van der Waals surface area (Å²) in [5.41, 5.74) is 0.493. The fourth-order valence-electron chi connectivity index (χ4n) is 2.85. The molecule has 0 saturated carbocycles. The molecule has 0 aliphatic rings. The summed E-state index contributed by atoms with van der Waals surface area (Å²) < 4.78 is 29.1. The number of thioether (sulfide) groups is 1. The van der Waals surface area contributed by atoms with E-state index in [2.05, 4.69) is 20.5 Å². The van der Waals surface area contributed by atoms with Crippen LogP contribution in [0.5, 0.6) is 5.75 Å². The Kier molecular flexibility index (Phi) is 9.20. The van der Waals surface area contributed by atoms with E-state index in [4.69, 9.17) is 14.2 Å². The SMILES string of the molecule is CCOC(=O)c1sc(NC(=O)CSc2n[nH]c(COc3ccccc3F)n2)c(C(=O)OCC)c1C. The normalized spacial score (nSPS) is 10.6. The van der Waals surface area contributed by atoms with E-state index in [1.807, 2.05) is 0 Å². The molecule has 0 fully saturated rings. The number of halogens is 1. The molecule has 0 bridgehead atoms. The molecule has 0 saturated heterocycles. The van der Waals surface area contributed by atoms with Crippen molar-refractivity contribution in [3.05, 3.63) is 51.9 Å². The molecule has 10 nitrogen and oxygen atoms in total. The first kappa shape index (κ1) is 26.2. The molecule has 13 heteroatoms. The van der Waals surface area contributed by atoms with Crippen LogP contribution in [0.15, 0.2) is 29.4 Å². The number of esters is 2. The van der Waals surface area contributed by atoms with Crippen LogP contribution in [-0.2, 0) is 20.9 Å². The van der Waals surface area contributed by atoms with Crippen molar-refractivity contribution >= 4 is 45.9 Å². The number of aromatic nitrogens is 3. The van der Waals surface area contributed by atoms with Crippen LogP contribution in [-0.4, -0.2) is 52.0 Å². The van der Waals surface area contributed by atoms with Gasteiger partial charge in [-0.2, -0.15) is 0 Å². The molecule has 2 heterocycles. The van der Waals surface area contributed by atoms with Crippen molar-refractivity contribution in [1.29, 1.82) is 0 Å². The highest BCUT2D eigenvalue weighted by Gasteiger charge is 2.27. The van der Waals surface area contributed by atoms with E-state index in [0.29, 0.717) is 11.4 Å². The van der Waals surface area contributed by atoms with Crippen LogP contribution in [0.4, 0.5) is 9.39 Å². The van der Waals surface area contributed by atoms with Gasteiger partial charge in [-0.3, -0.25) is 9.89 Å². The molecule has 0 aliphatic carbocycles. The summed E-state index contributed by atoms with van der Waals surface area (Å²) in [5.74, 6) is -1.78. The van der Waals surface area contributed by atoms with Gasteiger partial charge in [0, 0.05) is 0 Å². The largest absolute Gasteiger partial charge is 0.483 e. The van der Waals surface area contributed by atoms with Crippen molar-refractivity contribution in [2.75, 3.05) is 24.3 Å². The number of nitrogens with one attached hydrogen (secondary N) is 2. The Labute approximate surface area is 208 Å². The summed E-state index contributed by atoms with van der Waals surface area (Å²) in [6.07, 6.45) is 0. The van der Waals surface area contributed by atoms with Crippen LogP contribution >= 0.6 is 23.1 Å². The third-order valence-corrected chi connectivity index (χ3v) is 6.42. The fraction of sp³-hybridized carbons (Fsp3) is 0.318. The number of carbonyl (C=O) groups excluding carboxylic acids is 3. The van der Waals surface area contributed by atoms with Crippen LogP contribution in [0.3, 0.4) is 0 Å². The van der Waals surface area contributed by atoms with Gasteiger partial charge in [-0.15, -0.1) is 16.4 Å². The number of amides is 1. The Morgan fingerprint density at radius 2 is 1.86 bits per heavy atom. The Balaban J connectivity index is 1.62. The lowest BCUT2D eigenvalue weighted by atomic mass is 10.1. The molecule has 0 spiro atoms. The van der Waals surface area contributed by atoms with Gasteiger partial charge >= 0.3 is 11.9 Å². The van der Waals surface area contributed by atoms with Gasteiger partial charge in [0.2, 0.25) is 11.1 Å². The van der Waals surface area contributed by atoms with Crippen LogP contribution < -0.4 is 10.1 Å². The molecule has 35 heavy (non-hydrogen) atoms. The van der Waals surface area contributed by atoms with E-state index in [0.717, 1.165) is 23.1 Å². The van der Waals surface area contributed by atoms with Gasteiger partial charge in [0.05, 0.1) is 24.5 Å². The third kappa shape index (κ3) is 6.79. The maximum atomic E-state index is 13.6. The van der Waals surface area contributed by atoms with Crippen molar-refractivity contribution in [3.8, 4) is 5.75 Å². The van der Waals surface area contributed by atoms with Crippen molar-refractivity contribution in [2.24, 2.45) is 0 Å². The fourth-order valence-corrected chi connectivity index (χ4v) is 4.57. The van der Waals surface area contributed by atoms with Crippen molar-refractivity contribution in [2.45, 2.75) is 32.5 Å². The van der Waals surface area contributed by atoms with E-state index in [1.54, 1.807) is 32.9 Å². The molecule has 1 amide bonds. The summed E-state index contributed by atoms with van der Waals surface area (Å²) in [6.45, 7) is 5.21. The number of benzene rings is 1. The summed E-state index contributed by atoms with van der Waals surface area (Å²) >= 11 is 1.99. The Bertz CT molecular complexity index is 1210. The second-order valence-electron chi connectivity index (χ2n) is 6.82. The van der Waals surface area contributed by atoms with E-state index < -0.39 is 23.7 Å². The quantitative estimate of drug-likeness (QED) is 0.283. The molecular weight excluding hydrogens is 499 g/mol. The summed E-state index contributed by atoms with van der Waals surface area (Å²) in [7, 11) is 0. The zero-order chi connectivity index (χ0) is 25.4. The highest BCUT2D eigenvalue weighted by molar-refractivity contribution is 7.99. The van der Waals surface area contributed by atoms with Crippen LogP contribution in [0.1, 0.15) is 45.3 Å². The average molecular weight is 523 g/mol. The smallest absolute Gasteiger partial charge is 0.348 e. The predicted octanol–water partition coefficient (Wildman–Crippen LogP) is 3.98. The topological polar surface area (TPSA) is 132 Å². The zero-order valence-electron chi connectivity index (χ0n) is 19.2. The van der Waals surface area contributed by atoms with E-state index >= 15 is 0 Å². The highest BCUT2D eigenvalue weighted by Crippen LogP contribution is 2.34. The minimum Gasteiger partial charge on any atom is -0.483 e. The highest BCUT2D eigenvalue weighted by atomic mass is 32.2. The number of carbonyl (C=O) groups is 3. The molecule has 2 N–H and O–H groups in total. The molecule has 3 rings (SSSR count). The number of H-pyrrole nitrogens is 1. The number of anilines is 1. The standard InChI is InChI=1S/C22H23FN4O6S2/c1-4-31-20(29)17-12(3)18(21(30)32-5-2)35-19(17)25-16(28)11-34-22-24-15(26-27-22)10-33-14-9-7-6-8-13(14)23/h6-9H,4-5,10-11H2,1-3H3,(H,25,28)(H,24,26,27). The first-order chi connectivity index (χ1) is 16.8. The van der Waals surface area contributed by atoms with Crippen LogP contribution in [0.25, 0.3) is 0 Å². The molecule has 3 aromatic rings. The van der Waals surface area contributed by atoms with Gasteiger partial charge in [0.25, 0.3) is 0 Å². The Morgan fingerprint density at radius 3 is 2.57 bits per heavy atom. The van der Waals surface area contributed by atoms with E-state index in [-0.39, 0.29) is 51.9 Å². The lowest BCUT2D eigenvalue weighted by Crippen LogP contribution is -2.16. The maximum absolute atomic E-state index is 13.6. The van der Waals surface area contributed by atoms with Gasteiger partial charge in [-0.1, -0.05) is 23.9 Å². The molecule has 1 aromatic carbocycles. The first-order valence-electron chi connectivity index (χ1n) is 10.5.